The van der Waals surface area contributed by atoms with Gasteiger partial charge in [-0.1, -0.05) is 0 Å². The van der Waals surface area contributed by atoms with Crippen molar-refractivity contribution in [3.8, 4) is 0 Å². The molecule has 0 radical (unpaired) electrons. The van der Waals surface area contributed by atoms with Crippen LogP contribution in [0.3, 0.4) is 0 Å². The monoisotopic (exact) mass is 171 g/mol. The van der Waals surface area contributed by atoms with Gasteiger partial charge >= 0.3 is 0 Å². The minimum atomic E-state index is -0.404. The minimum absolute atomic E-state index is 0.284. The number of nitrogens with one attached hydrogen (secondary N) is 1. The molecule has 0 aromatic rings. The number of carbonyl (C=O) groups is 1. The Morgan fingerprint density at radius 2 is 2.42 bits per heavy atom. The maximum absolute atomic E-state index is 10.7. The molecule has 1 saturated heterocycles. The molecule has 12 heavy (non-hydrogen) atoms. The zero-order valence-electron chi connectivity index (χ0n) is 7.47. The molecule has 0 aromatic carbocycles. The van der Waals surface area contributed by atoms with Gasteiger partial charge in [0, 0.05) is 24.5 Å². The van der Waals surface area contributed by atoms with Crippen LogP contribution < -0.4 is 16.8 Å². The molecule has 4 nitrogen and oxygen atoms in total. The van der Waals surface area contributed by atoms with Crippen LogP contribution in [-0.4, -0.2) is 24.0 Å². The lowest BCUT2D eigenvalue weighted by molar-refractivity contribution is -0.119. The number of hydrogen-bond acceptors (Lipinski definition) is 3. The third-order valence-corrected chi connectivity index (χ3v) is 2.40. The third kappa shape index (κ3) is 2.46. The Bertz CT molecular complexity index is 173. The summed E-state index contributed by atoms with van der Waals surface area (Å²) in [7, 11) is 0. The normalized spacial score (nSPS) is 36.3. The van der Waals surface area contributed by atoms with Crippen molar-refractivity contribution in [3.05, 3.63) is 0 Å². The van der Waals surface area contributed by atoms with Gasteiger partial charge in [-0.15, -0.1) is 0 Å². The molecule has 5 N–H and O–H groups in total. The molecule has 1 heterocycles. The van der Waals surface area contributed by atoms with E-state index in [2.05, 4.69) is 12.2 Å². The maximum atomic E-state index is 10.7. The molecule has 1 rings (SSSR count). The molecule has 1 aliphatic heterocycles. The van der Waals surface area contributed by atoms with Gasteiger partial charge < -0.3 is 16.8 Å². The Kier molecular flexibility index (Phi) is 2.69. The van der Waals surface area contributed by atoms with E-state index in [-0.39, 0.29) is 12.3 Å². The molecule has 0 aromatic heterocycles. The number of carbonyl (C=O) groups excluding carboxylic acids is 1. The van der Waals surface area contributed by atoms with E-state index in [9.17, 15) is 4.79 Å². The molecule has 4 heteroatoms. The van der Waals surface area contributed by atoms with Gasteiger partial charge in [0.2, 0.25) is 5.91 Å². The Hall–Kier alpha value is -0.610. The summed E-state index contributed by atoms with van der Waals surface area (Å²) in [5.41, 5.74) is 10.7. The second-order valence-corrected chi connectivity index (χ2v) is 3.83. The van der Waals surface area contributed by atoms with Gasteiger partial charge in [-0.05, 0) is 19.8 Å². The van der Waals surface area contributed by atoms with Crippen LogP contribution in [0.25, 0.3) is 0 Å². The first-order valence-corrected chi connectivity index (χ1v) is 4.32. The number of rotatable bonds is 2. The molecule has 2 unspecified atom stereocenters. The van der Waals surface area contributed by atoms with Crippen LogP contribution in [0, 0.1) is 0 Å². The summed E-state index contributed by atoms with van der Waals surface area (Å²) in [6, 6.07) is 0.509. The Balaban J connectivity index is 2.44. The lowest BCUT2D eigenvalue weighted by atomic mass is 9.85. The summed E-state index contributed by atoms with van der Waals surface area (Å²) in [6.07, 6.45) is 2.18. The van der Waals surface area contributed by atoms with Gasteiger partial charge in [-0.25, -0.2) is 0 Å². The average Bonchev–Trinajstić information content (AvgIpc) is 1.94. The first-order valence-electron chi connectivity index (χ1n) is 4.32. The lowest BCUT2D eigenvalue weighted by Crippen LogP contribution is -2.56. The molecule has 1 amide bonds. The summed E-state index contributed by atoms with van der Waals surface area (Å²) in [5, 5.41) is 3.25. The van der Waals surface area contributed by atoms with Crippen molar-refractivity contribution in [2.45, 2.75) is 37.8 Å². The highest BCUT2D eigenvalue weighted by Crippen LogP contribution is 2.19. The Labute approximate surface area is 72.7 Å². The molecule has 2 atom stereocenters. The van der Waals surface area contributed by atoms with Crippen molar-refractivity contribution in [1.29, 1.82) is 0 Å². The van der Waals surface area contributed by atoms with E-state index in [1.807, 2.05) is 0 Å². The number of piperidine rings is 1. The lowest BCUT2D eigenvalue weighted by Gasteiger charge is -2.36. The molecule has 0 bridgehead atoms. The highest BCUT2D eigenvalue weighted by molar-refractivity contribution is 5.75. The fraction of sp³-hybridized carbons (Fsp3) is 0.875. The third-order valence-electron chi connectivity index (χ3n) is 2.40. The topological polar surface area (TPSA) is 81.1 Å². The van der Waals surface area contributed by atoms with Crippen molar-refractivity contribution < 1.29 is 4.79 Å². The molecule has 1 aliphatic rings. The van der Waals surface area contributed by atoms with Crippen molar-refractivity contribution >= 4 is 5.91 Å². The molecule has 0 aliphatic carbocycles. The van der Waals surface area contributed by atoms with E-state index in [4.69, 9.17) is 11.5 Å². The van der Waals surface area contributed by atoms with E-state index in [0.29, 0.717) is 12.6 Å². The minimum Gasteiger partial charge on any atom is -0.370 e. The fourth-order valence-corrected chi connectivity index (χ4v) is 1.57. The van der Waals surface area contributed by atoms with Crippen LogP contribution in [0.15, 0.2) is 0 Å². The summed E-state index contributed by atoms with van der Waals surface area (Å²) in [5.74, 6) is -0.311. The van der Waals surface area contributed by atoms with E-state index in [1.54, 1.807) is 0 Å². The Morgan fingerprint density at radius 1 is 1.75 bits per heavy atom. The van der Waals surface area contributed by atoms with Crippen molar-refractivity contribution in [1.82, 2.24) is 5.32 Å². The van der Waals surface area contributed by atoms with Crippen LogP contribution in [-0.2, 0) is 4.79 Å². The van der Waals surface area contributed by atoms with Crippen molar-refractivity contribution in [2.75, 3.05) is 6.54 Å². The number of nitrogens with two attached hydrogens (primary N) is 2. The van der Waals surface area contributed by atoms with Gasteiger partial charge in [0.1, 0.15) is 0 Å². The van der Waals surface area contributed by atoms with Gasteiger partial charge in [0.05, 0.1) is 0 Å². The van der Waals surface area contributed by atoms with Crippen LogP contribution >= 0.6 is 0 Å². The molecule has 0 saturated carbocycles. The highest BCUT2D eigenvalue weighted by Gasteiger charge is 2.31. The van der Waals surface area contributed by atoms with Crippen molar-refractivity contribution in [2.24, 2.45) is 11.5 Å². The molecule has 1 fully saturated rings. The van der Waals surface area contributed by atoms with Gasteiger partial charge in [0.25, 0.3) is 0 Å². The van der Waals surface area contributed by atoms with Gasteiger partial charge in [0.15, 0.2) is 0 Å². The largest absolute Gasteiger partial charge is 0.370 e. The van der Waals surface area contributed by atoms with Crippen LogP contribution in [0.4, 0.5) is 0 Å². The highest BCUT2D eigenvalue weighted by atomic mass is 16.1. The number of hydrogen-bond donors (Lipinski definition) is 3. The Morgan fingerprint density at radius 3 is 2.83 bits per heavy atom. The quantitative estimate of drug-likeness (QED) is 0.515. The second-order valence-electron chi connectivity index (χ2n) is 3.83. The van der Waals surface area contributed by atoms with E-state index in [1.165, 1.54) is 0 Å². The number of primary amides is 1. The summed E-state index contributed by atoms with van der Waals surface area (Å²) < 4.78 is 0. The molecule has 70 valence electrons. The summed E-state index contributed by atoms with van der Waals surface area (Å²) in [6.45, 7) is 2.81. The van der Waals surface area contributed by atoms with Crippen LogP contribution in [0.1, 0.15) is 26.2 Å². The van der Waals surface area contributed by atoms with Crippen molar-refractivity contribution in [3.63, 3.8) is 0 Å². The van der Waals surface area contributed by atoms with E-state index < -0.39 is 5.54 Å². The molecule has 0 spiro atoms. The first kappa shape index (κ1) is 9.48. The molecular formula is C8H17N3O. The maximum Gasteiger partial charge on any atom is 0.219 e. The van der Waals surface area contributed by atoms with Gasteiger partial charge in [-0.3, -0.25) is 4.79 Å². The predicted molar refractivity (Wildman–Crippen MR) is 47.4 cm³/mol. The first-order chi connectivity index (χ1) is 5.52. The zero-order chi connectivity index (χ0) is 9.19. The summed E-state index contributed by atoms with van der Waals surface area (Å²) >= 11 is 0. The van der Waals surface area contributed by atoms with Crippen LogP contribution in [0.5, 0.6) is 0 Å². The smallest absolute Gasteiger partial charge is 0.219 e. The summed E-state index contributed by atoms with van der Waals surface area (Å²) in [4.78, 5) is 10.7. The average molecular weight is 171 g/mol. The van der Waals surface area contributed by atoms with E-state index in [0.717, 1.165) is 12.8 Å². The fourth-order valence-electron chi connectivity index (χ4n) is 1.57. The van der Waals surface area contributed by atoms with Gasteiger partial charge in [-0.2, -0.15) is 0 Å². The zero-order valence-corrected chi connectivity index (χ0v) is 7.47. The molecular weight excluding hydrogens is 154 g/mol. The predicted octanol–water partition coefficient (Wildman–Crippen LogP) is -0.669. The number of amides is 1. The van der Waals surface area contributed by atoms with Crippen LogP contribution in [0.2, 0.25) is 0 Å². The second kappa shape index (κ2) is 3.41. The SMILES string of the molecule is CC1CCC(N)(CC(N)=O)CN1. The standard InChI is InChI=1S/C8H17N3O/c1-6-2-3-8(10,5-11-6)4-7(9)12/h6,11H,2-5,10H2,1H3,(H2,9,12). The van der Waals surface area contributed by atoms with E-state index >= 15 is 0 Å².